The molecule has 39 heavy (non-hydrogen) atoms. The number of nitrogens with zero attached hydrogens (tertiary/aromatic N) is 1. The van der Waals surface area contributed by atoms with Crippen molar-refractivity contribution in [3.05, 3.63) is 94.5 Å². The number of benzene rings is 3. The molecule has 0 aromatic heterocycles. The predicted octanol–water partition coefficient (Wildman–Crippen LogP) is 6.83. The van der Waals surface area contributed by atoms with Crippen LogP contribution in [0.4, 0.5) is 0 Å². The largest absolute Gasteiger partial charge is 0.478 e. The number of hydrogen-bond donors (Lipinski definition) is 1. The Morgan fingerprint density at radius 3 is 2.21 bits per heavy atom. The Labute approximate surface area is 236 Å². The normalized spacial score (nSPS) is 17.8. The Kier molecular flexibility index (Phi) is 9.19. The van der Waals surface area contributed by atoms with Crippen molar-refractivity contribution in [1.82, 2.24) is 4.90 Å². The van der Waals surface area contributed by atoms with Gasteiger partial charge in [-0.3, -0.25) is 9.69 Å². The average molecular weight is 546 g/mol. The molecule has 1 fully saturated rings. The molecule has 0 amide bonds. The van der Waals surface area contributed by atoms with Crippen LogP contribution < -0.4 is 4.74 Å². The van der Waals surface area contributed by atoms with Gasteiger partial charge in [-0.15, -0.1) is 11.8 Å². The first-order valence-corrected chi connectivity index (χ1v) is 14.8. The van der Waals surface area contributed by atoms with E-state index >= 15 is 0 Å². The number of hydrogen-bond acceptors (Lipinski definition) is 5. The van der Waals surface area contributed by atoms with E-state index in [0.29, 0.717) is 5.75 Å². The monoisotopic (exact) mass is 545 g/mol. The van der Waals surface area contributed by atoms with E-state index in [1.807, 2.05) is 50.4 Å². The Morgan fingerprint density at radius 2 is 1.62 bits per heavy atom. The average Bonchev–Trinajstić information content (AvgIpc) is 3.32. The van der Waals surface area contributed by atoms with Gasteiger partial charge in [0.05, 0.1) is 0 Å². The minimum Gasteiger partial charge on any atom is -0.478 e. The Balaban J connectivity index is 1.51. The van der Waals surface area contributed by atoms with E-state index in [1.165, 1.54) is 11.1 Å². The third kappa shape index (κ3) is 7.11. The maximum atomic E-state index is 13.7. The Hall–Kier alpha value is -3.09. The van der Waals surface area contributed by atoms with Crippen molar-refractivity contribution in [2.45, 2.75) is 57.6 Å². The van der Waals surface area contributed by atoms with Crippen LogP contribution in [0.1, 0.15) is 52.9 Å². The van der Waals surface area contributed by atoms with Crippen molar-refractivity contribution in [3.63, 3.8) is 0 Å². The first-order valence-electron chi connectivity index (χ1n) is 13.5. The van der Waals surface area contributed by atoms with E-state index in [4.69, 9.17) is 4.74 Å². The van der Waals surface area contributed by atoms with Gasteiger partial charge in [0, 0.05) is 36.0 Å². The summed E-state index contributed by atoms with van der Waals surface area (Å²) < 4.78 is 5.89. The van der Waals surface area contributed by atoms with Crippen molar-refractivity contribution in [2.75, 3.05) is 19.3 Å². The molecule has 0 bridgehead atoms. The molecular weight excluding hydrogens is 506 g/mol. The fourth-order valence-electron chi connectivity index (χ4n) is 5.49. The molecule has 1 aliphatic heterocycles. The van der Waals surface area contributed by atoms with Crippen LogP contribution >= 0.6 is 11.8 Å². The zero-order chi connectivity index (χ0) is 28.2. The number of aliphatic carboxylic acids is 1. The van der Waals surface area contributed by atoms with E-state index < -0.39 is 11.6 Å². The highest BCUT2D eigenvalue weighted by molar-refractivity contribution is 7.98. The second kappa shape index (κ2) is 12.4. The van der Waals surface area contributed by atoms with E-state index in [1.54, 1.807) is 25.6 Å². The number of aryl methyl sites for hydroxylation is 3. The van der Waals surface area contributed by atoms with Crippen LogP contribution in [0.2, 0.25) is 0 Å². The lowest BCUT2D eigenvalue weighted by Crippen LogP contribution is -2.38. The molecule has 0 radical (unpaired) electrons. The van der Waals surface area contributed by atoms with E-state index in [2.05, 4.69) is 41.3 Å². The lowest BCUT2D eigenvalue weighted by molar-refractivity contribution is -0.152. The lowest BCUT2D eigenvalue weighted by atomic mass is 9.84. The summed E-state index contributed by atoms with van der Waals surface area (Å²) in [5.41, 5.74) is 3.79. The second-order valence-electron chi connectivity index (χ2n) is 11.2. The van der Waals surface area contributed by atoms with E-state index in [9.17, 15) is 14.7 Å². The summed E-state index contributed by atoms with van der Waals surface area (Å²) in [5.74, 6) is 0.0717. The van der Waals surface area contributed by atoms with Crippen molar-refractivity contribution in [1.29, 1.82) is 0 Å². The second-order valence-corrected chi connectivity index (χ2v) is 12.0. The summed E-state index contributed by atoms with van der Waals surface area (Å²) in [6, 6.07) is 22.6. The minimum absolute atomic E-state index is 0.0463. The van der Waals surface area contributed by atoms with Gasteiger partial charge in [0.25, 0.3) is 0 Å². The van der Waals surface area contributed by atoms with Gasteiger partial charge in [-0.05, 0) is 87.1 Å². The molecule has 1 N–H and O–H groups in total. The SMILES string of the molecule is CSc1ccc(C(=O)[C@H]2CN(Cc3ccccc3)C[C@@H]2CCc2cc(C)c(OC(C)(C)C(=O)O)c(C)c2)cc1. The van der Waals surface area contributed by atoms with Crippen LogP contribution in [-0.2, 0) is 17.8 Å². The fourth-order valence-corrected chi connectivity index (χ4v) is 5.89. The van der Waals surface area contributed by atoms with Crippen molar-refractivity contribution in [3.8, 4) is 5.75 Å². The van der Waals surface area contributed by atoms with Gasteiger partial charge in [-0.25, -0.2) is 4.79 Å². The van der Waals surface area contributed by atoms with Crippen LogP contribution in [0.15, 0.2) is 71.6 Å². The summed E-state index contributed by atoms with van der Waals surface area (Å²) in [6.07, 6.45) is 3.80. The molecule has 1 heterocycles. The van der Waals surface area contributed by atoms with E-state index in [0.717, 1.165) is 54.1 Å². The summed E-state index contributed by atoms with van der Waals surface area (Å²) >= 11 is 1.68. The summed E-state index contributed by atoms with van der Waals surface area (Å²) in [6.45, 7) is 9.55. The molecule has 0 unspecified atom stereocenters. The summed E-state index contributed by atoms with van der Waals surface area (Å²) in [7, 11) is 0. The van der Waals surface area contributed by atoms with Gasteiger partial charge in [0.2, 0.25) is 0 Å². The number of carboxylic acid groups (broad SMARTS) is 1. The van der Waals surface area contributed by atoms with Crippen molar-refractivity contribution >= 4 is 23.5 Å². The molecule has 0 aliphatic carbocycles. The molecule has 4 rings (SSSR count). The molecule has 3 aromatic rings. The minimum atomic E-state index is -1.30. The third-order valence-corrected chi connectivity index (χ3v) is 8.42. The summed E-state index contributed by atoms with van der Waals surface area (Å²) in [5, 5.41) is 9.48. The quantitative estimate of drug-likeness (QED) is 0.210. The van der Waals surface area contributed by atoms with Crippen LogP contribution in [0, 0.1) is 25.7 Å². The maximum Gasteiger partial charge on any atom is 0.347 e. The smallest absolute Gasteiger partial charge is 0.347 e. The number of carbonyl (C=O) groups is 2. The topological polar surface area (TPSA) is 66.8 Å². The standard InChI is InChI=1S/C33H39NO4S/c1-22-17-25(18-23(2)31(22)38-33(3,4)32(36)37)11-12-27-20-34(19-24-9-7-6-8-10-24)21-29(27)30(35)26-13-15-28(39-5)16-14-26/h6-10,13-18,27,29H,11-12,19-21H2,1-5H3,(H,36,37)/t27-,29-/m0/s1. The van der Waals surface area contributed by atoms with Crippen molar-refractivity contribution < 1.29 is 19.4 Å². The Bertz CT molecular complexity index is 1280. The van der Waals surface area contributed by atoms with Gasteiger partial charge in [0.1, 0.15) is 5.75 Å². The highest BCUT2D eigenvalue weighted by Crippen LogP contribution is 2.34. The number of ether oxygens (including phenoxy) is 1. The first-order chi connectivity index (χ1) is 18.6. The summed E-state index contributed by atoms with van der Waals surface area (Å²) in [4.78, 5) is 28.9. The van der Waals surface area contributed by atoms with E-state index in [-0.39, 0.29) is 17.6 Å². The van der Waals surface area contributed by atoms with Crippen LogP contribution in [0.25, 0.3) is 0 Å². The number of ketones is 1. The number of thioether (sulfide) groups is 1. The van der Waals surface area contributed by atoms with Crippen molar-refractivity contribution in [2.24, 2.45) is 11.8 Å². The van der Waals surface area contributed by atoms with Gasteiger partial charge < -0.3 is 9.84 Å². The van der Waals surface area contributed by atoms with Crippen LogP contribution in [0.3, 0.4) is 0 Å². The van der Waals surface area contributed by atoms with Gasteiger partial charge in [-0.2, -0.15) is 0 Å². The molecule has 5 nitrogen and oxygen atoms in total. The molecule has 0 saturated carbocycles. The first kappa shape index (κ1) is 28.9. The number of likely N-dealkylation sites (tertiary alicyclic amines) is 1. The van der Waals surface area contributed by atoms with Gasteiger partial charge in [0.15, 0.2) is 11.4 Å². The fraction of sp³-hybridized carbons (Fsp3) is 0.394. The zero-order valence-electron chi connectivity index (χ0n) is 23.6. The molecule has 0 spiro atoms. The maximum absolute atomic E-state index is 13.7. The zero-order valence-corrected chi connectivity index (χ0v) is 24.4. The molecule has 206 valence electrons. The number of carbonyl (C=O) groups excluding carboxylic acids is 1. The van der Waals surface area contributed by atoms with Gasteiger partial charge in [-0.1, -0.05) is 54.6 Å². The number of Topliss-reactive ketones (excluding diaryl/α,β-unsaturated/α-hetero) is 1. The highest BCUT2D eigenvalue weighted by atomic mass is 32.2. The Morgan fingerprint density at radius 1 is 0.974 bits per heavy atom. The molecule has 1 saturated heterocycles. The molecule has 2 atom stereocenters. The molecular formula is C33H39NO4S. The molecule has 1 aliphatic rings. The van der Waals surface area contributed by atoms with Crippen LogP contribution in [0.5, 0.6) is 5.75 Å². The highest BCUT2D eigenvalue weighted by Gasteiger charge is 2.37. The van der Waals surface area contributed by atoms with Crippen LogP contribution in [-0.4, -0.2) is 46.7 Å². The third-order valence-electron chi connectivity index (χ3n) is 7.67. The molecule has 3 aromatic carbocycles. The number of carboxylic acids is 1. The number of rotatable bonds is 11. The molecule has 6 heteroatoms. The predicted molar refractivity (Wildman–Crippen MR) is 158 cm³/mol. The lowest BCUT2D eigenvalue weighted by Gasteiger charge is -2.25. The van der Waals surface area contributed by atoms with Gasteiger partial charge >= 0.3 is 5.97 Å².